The molecule has 0 radical (unpaired) electrons. The summed E-state index contributed by atoms with van der Waals surface area (Å²) in [5.74, 6) is 0.745. The summed E-state index contributed by atoms with van der Waals surface area (Å²) in [6, 6.07) is 5.86. The van der Waals surface area contributed by atoms with Gasteiger partial charge in [0.1, 0.15) is 18.5 Å². The minimum Gasteiger partial charge on any atom is -0.490 e. The molecule has 0 saturated carbocycles. The van der Waals surface area contributed by atoms with Crippen LogP contribution in [0.4, 0.5) is 0 Å². The zero-order valence-electron chi connectivity index (χ0n) is 11.6. The van der Waals surface area contributed by atoms with E-state index in [0.29, 0.717) is 13.1 Å². The van der Waals surface area contributed by atoms with Gasteiger partial charge in [0.05, 0.1) is 10.6 Å². The summed E-state index contributed by atoms with van der Waals surface area (Å²) in [6.07, 6.45) is -0.406. The molecule has 0 aliphatic rings. The molecule has 19 heavy (non-hydrogen) atoms. The van der Waals surface area contributed by atoms with Crippen molar-refractivity contribution in [3.63, 3.8) is 0 Å². The van der Waals surface area contributed by atoms with Gasteiger partial charge in [-0.05, 0) is 47.5 Å². The third-order valence-electron chi connectivity index (χ3n) is 2.73. The monoisotopic (exact) mass is 331 g/mol. The maximum atomic E-state index is 9.80. The number of aryl methyl sites for hydroxylation is 1. The Labute approximate surface area is 123 Å². The summed E-state index contributed by atoms with van der Waals surface area (Å²) in [6.45, 7) is 5.44. The van der Waals surface area contributed by atoms with Crippen LogP contribution in [0, 0.1) is 6.92 Å². The Kier molecular flexibility index (Phi) is 7.38. The fraction of sp³-hybridized carbons (Fsp3) is 0.571. The molecule has 1 aromatic rings. The zero-order chi connectivity index (χ0) is 14.3. The number of aliphatic hydroxyl groups is 1. The van der Waals surface area contributed by atoms with Gasteiger partial charge in [-0.3, -0.25) is 0 Å². The molecule has 1 aromatic carbocycles. The minimum absolute atomic E-state index is 0.138. The van der Waals surface area contributed by atoms with Crippen molar-refractivity contribution < 1.29 is 14.6 Å². The molecule has 0 heterocycles. The minimum atomic E-state index is -0.544. The third-order valence-corrected chi connectivity index (χ3v) is 3.35. The standard InChI is InChI=1S/C14H22BrNO3/c1-10-4-5-14(13(15)6-10)19-9-12(17)8-16-7-11(2)18-3/h4-6,11-12,16-17H,7-9H2,1-3H3. The molecule has 0 spiro atoms. The molecule has 108 valence electrons. The predicted molar refractivity (Wildman–Crippen MR) is 79.7 cm³/mol. The second-order valence-corrected chi connectivity index (χ2v) is 5.46. The molecule has 0 bridgehead atoms. The lowest BCUT2D eigenvalue weighted by Crippen LogP contribution is -2.35. The molecule has 0 aliphatic carbocycles. The number of rotatable bonds is 8. The number of nitrogens with one attached hydrogen (secondary N) is 1. The Morgan fingerprint density at radius 3 is 2.74 bits per heavy atom. The van der Waals surface area contributed by atoms with Gasteiger partial charge in [-0.25, -0.2) is 0 Å². The highest BCUT2D eigenvalue weighted by molar-refractivity contribution is 9.10. The molecule has 2 N–H and O–H groups in total. The first-order valence-corrected chi connectivity index (χ1v) is 7.12. The van der Waals surface area contributed by atoms with E-state index in [9.17, 15) is 5.11 Å². The Morgan fingerprint density at radius 2 is 2.11 bits per heavy atom. The van der Waals surface area contributed by atoms with Crippen molar-refractivity contribution in [3.8, 4) is 5.75 Å². The summed E-state index contributed by atoms with van der Waals surface area (Å²) >= 11 is 3.44. The van der Waals surface area contributed by atoms with E-state index < -0.39 is 6.10 Å². The molecule has 2 unspecified atom stereocenters. The highest BCUT2D eigenvalue weighted by Crippen LogP contribution is 2.25. The Morgan fingerprint density at radius 1 is 1.37 bits per heavy atom. The predicted octanol–water partition coefficient (Wildman–Crippen LogP) is 2.12. The average molecular weight is 332 g/mol. The molecule has 0 fully saturated rings. The zero-order valence-corrected chi connectivity index (χ0v) is 13.2. The molecule has 5 heteroatoms. The molecule has 4 nitrogen and oxygen atoms in total. The molecule has 0 saturated heterocycles. The lowest BCUT2D eigenvalue weighted by atomic mass is 10.2. The van der Waals surface area contributed by atoms with Crippen LogP contribution in [0.2, 0.25) is 0 Å². The van der Waals surface area contributed by atoms with Gasteiger partial charge in [-0.2, -0.15) is 0 Å². The van der Waals surface area contributed by atoms with E-state index >= 15 is 0 Å². The van der Waals surface area contributed by atoms with Gasteiger partial charge in [0.15, 0.2) is 0 Å². The number of halogens is 1. The maximum Gasteiger partial charge on any atom is 0.133 e. The smallest absolute Gasteiger partial charge is 0.133 e. The van der Waals surface area contributed by atoms with E-state index in [2.05, 4.69) is 21.2 Å². The van der Waals surface area contributed by atoms with Crippen LogP contribution in [0.5, 0.6) is 5.75 Å². The largest absolute Gasteiger partial charge is 0.490 e. The second-order valence-electron chi connectivity index (χ2n) is 4.60. The van der Waals surface area contributed by atoms with Crippen molar-refractivity contribution in [2.45, 2.75) is 26.1 Å². The molecule has 2 atom stereocenters. The van der Waals surface area contributed by atoms with Crippen LogP contribution in [-0.2, 0) is 4.74 Å². The van der Waals surface area contributed by atoms with E-state index in [1.54, 1.807) is 7.11 Å². The van der Waals surface area contributed by atoms with Gasteiger partial charge in [-0.1, -0.05) is 6.07 Å². The summed E-state index contributed by atoms with van der Waals surface area (Å²) in [5.41, 5.74) is 1.16. The Hall–Kier alpha value is -0.620. The number of ether oxygens (including phenoxy) is 2. The van der Waals surface area contributed by atoms with E-state index in [1.807, 2.05) is 32.0 Å². The van der Waals surface area contributed by atoms with Gasteiger partial charge >= 0.3 is 0 Å². The summed E-state index contributed by atoms with van der Waals surface area (Å²) in [4.78, 5) is 0. The van der Waals surface area contributed by atoms with Crippen LogP contribution in [-0.4, -0.2) is 44.1 Å². The van der Waals surface area contributed by atoms with E-state index in [-0.39, 0.29) is 12.7 Å². The van der Waals surface area contributed by atoms with Crippen LogP contribution in [0.1, 0.15) is 12.5 Å². The molecular formula is C14H22BrNO3. The van der Waals surface area contributed by atoms with Crippen LogP contribution in [0.3, 0.4) is 0 Å². The first-order valence-electron chi connectivity index (χ1n) is 6.33. The van der Waals surface area contributed by atoms with E-state index in [1.165, 1.54) is 0 Å². The highest BCUT2D eigenvalue weighted by atomic mass is 79.9. The maximum absolute atomic E-state index is 9.80. The van der Waals surface area contributed by atoms with E-state index in [4.69, 9.17) is 9.47 Å². The van der Waals surface area contributed by atoms with Crippen molar-refractivity contribution in [2.24, 2.45) is 0 Å². The Bertz CT molecular complexity index is 387. The summed E-state index contributed by atoms with van der Waals surface area (Å²) < 4.78 is 11.6. The van der Waals surface area contributed by atoms with Gasteiger partial charge in [0, 0.05) is 20.2 Å². The van der Waals surface area contributed by atoms with Crippen molar-refractivity contribution in [2.75, 3.05) is 26.8 Å². The normalized spacial score (nSPS) is 14.2. The molecule has 0 aliphatic heterocycles. The topological polar surface area (TPSA) is 50.7 Å². The fourth-order valence-corrected chi connectivity index (χ4v) is 2.11. The lowest BCUT2D eigenvalue weighted by molar-refractivity contribution is 0.0902. The van der Waals surface area contributed by atoms with Gasteiger partial charge in [-0.15, -0.1) is 0 Å². The summed E-state index contributed by atoms with van der Waals surface area (Å²) in [7, 11) is 1.67. The second kappa shape index (κ2) is 8.53. The quantitative estimate of drug-likeness (QED) is 0.766. The van der Waals surface area contributed by atoms with Gasteiger partial charge < -0.3 is 19.9 Å². The number of hydrogen-bond acceptors (Lipinski definition) is 4. The van der Waals surface area contributed by atoms with E-state index in [0.717, 1.165) is 15.8 Å². The summed E-state index contributed by atoms with van der Waals surface area (Å²) in [5, 5.41) is 12.9. The molecule has 0 amide bonds. The number of hydrogen-bond donors (Lipinski definition) is 2. The van der Waals surface area contributed by atoms with Crippen molar-refractivity contribution in [3.05, 3.63) is 28.2 Å². The third kappa shape index (κ3) is 6.38. The Balaban J connectivity index is 2.28. The van der Waals surface area contributed by atoms with Crippen LogP contribution in [0.25, 0.3) is 0 Å². The first kappa shape index (κ1) is 16.4. The lowest BCUT2D eigenvalue weighted by Gasteiger charge is -2.16. The SMILES string of the molecule is COC(C)CNCC(O)COc1ccc(C)cc1Br. The van der Waals surface area contributed by atoms with Crippen molar-refractivity contribution in [1.82, 2.24) is 5.32 Å². The van der Waals surface area contributed by atoms with Crippen LogP contribution < -0.4 is 10.1 Å². The highest BCUT2D eigenvalue weighted by Gasteiger charge is 2.08. The van der Waals surface area contributed by atoms with Gasteiger partial charge in [0.2, 0.25) is 0 Å². The number of methoxy groups -OCH3 is 1. The number of aliphatic hydroxyl groups excluding tert-OH is 1. The molecular weight excluding hydrogens is 310 g/mol. The van der Waals surface area contributed by atoms with Crippen LogP contribution >= 0.6 is 15.9 Å². The van der Waals surface area contributed by atoms with Gasteiger partial charge in [0.25, 0.3) is 0 Å². The first-order chi connectivity index (χ1) is 9.02. The molecule has 1 rings (SSSR count). The van der Waals surface area contributed by atoms with Crippen molar-refractivity contribution >= 4 is 15.9 Å². The fourth-order valence-electron chi connectivity index (χ4n) is 1.50. The molecule has 0 aromatic heterocycles. The van der Waals surface area contributed by atoms with Crippen LogP contribution in [0.15, 0.2) is 22.7 Å². The average Bonchev–Trinajstić information content (AvgIpc) is 2.37. The number of benzene rings is 1. The van der Waals surface area contributed by atoms with Crippen molar-refractivity contribution in [1.29, 1.82) is 0 Å².